The van der Waals surface area contributed by atoms with Crippen LogP contribution >= 0.6 is 0 Å². The maximum Gasteiger partial charge on any atom is 0.266 e. The predicted octanol–water partition coefficient (Wildman–Crippen LogP) is 2.87. The summed E-state index contributed by atoms with van der Waals surface area (Å²) >= 11 is 0. The van der Waals surface area contributed by atoms with Crippen LogP contribution in [-0.4, -0.2) is 45.9 Å². The Morgan fingerprint density at radius 2 is 2.04 bits per heavy atom. The summed E-state index contributed by atoms with van der Waals surface area (Å²) in [6.07, 6.45) is 2.93. The molecule has 3 heterocycles. The van der Waals surface area contributed by atoms with E-state index >= 15 is 0 Å². The lowest BCUT2D eigenvalue weighted by molar-refractivity contribution is -0.143. The highest BCUT2D eigenvalue weighted by molar-refractivity contribution is 5.91. The normalized spacial score (nSPS) is 20.7. The Morgan fingerprint density at radius 3 is 2.73 bits per heavy atom. The monoisotopic (exact) mass is 352 g/mol. The van der Waals surface area contributed by atoms with E-state index in [-0.39, 0.29) is 5.91 Å². The standard InChI is InChI=1S/C20H24N4O2/c1-14-11-19(26-23-14)20(25)24-9-7-16(8-10-24)18-13-17(21-22-18)12-15-5-3-2-4-6-15/h2-6,13,16,19H,7-12H2,1H3,(H,21,22). The molecule has 0 spiro atoms. The maximum atomic E-state index is 12.5. The Balaban J connectivity index is 1.31. The van der Waals surface area contributed by atoms with E-state index < -0.39 is 6.10 Å². The predicted molar refractivity (Wildman–Crippen MR) is 99.0 cm³/mol. The second kappa shape index (κ2) is 7.32. The molecule has 6 heteroatoms. The zero-order valence-electron chi connectivity index (χ0n) is 15.0. The zero-order valence-corrected chi connectivity index (χ0v) is 15.0. The van der Waals surface area contributed by atoms with E-state index in [4.69, 9.17) is 4.84 Å². The third-order valence-electron chi connectivity index (χ3n) is 5.21. The quantitative estimate of drug-likeness (QED) is 0.920. The second-order valence-electron chi connectivity index (χ2n) is 7.20. The molecule has 2 aromatic rings. The molecule has 2 aliphatic heterocycles. The molecule has 0 radical (unpaired) electrons. The van der Waals surface area contributed by atoms with Crippen molar-refractivity contribution in [3.63, 3.8) is 0 Å². The van der Waals surface area contributed by atoms with Crippen molar-refractivity contribution in [1.29, 1.82) is 0 Å². The van der Waals surface area contributed by atoms with Gasteiger partial charge in [-0.1, -0.05) is 35.5 Å². The molecule has 4 rings (SSSR count). The summed E-state index contributed by atoms with van der Waals surface area (Å²) in [5.74, 6) is 0.471. The number of piperidine rings is 1. The number of carbonyl (C=O) groups is 1. The summed E-state index contributed by atoms with van der Waals surface area (Å²) in [7, 11) is 0. The molecule has 1 amide bonds. The van der Waals surface area contributed by atoms with Crippen LogP contribution in [0.5, 0.6) is 0 Å². The first-order valence-corrected chi connectivity index (χ1v) is 9.25. The number of amides is 1. The number of nitrogens with one attached hydrogen (secondary N) is 1. The van der Waals surface area contributed by atoms with Gasteiger partial charge in [-0.15, -0.1) is 0 Å². The Hall–Kier alpha value is -2.63. The van der Waals surface area contributed by atoms with Crippen LogP contribution < -0.4 is 0 Å². The second-order valence-corrected chi connectivity index (χ2v) is 7.20. The van der Waals surface area contributed by atoms with Crippen molar-refractivity contribution in [3.8, 4) is 0 Å². The van der Waals surface area contributed by atoms with Gasteiger partial charge in [-0.05, 0) is 31.4 Å². The van der Waals surface area contributed by atoms with Crippen LogP contribution in [0.25, 0.3) is 0 Å². The van der Waals surface area contributed by atoms with E-state index in [2.05, 4.69) is 45.7 Å². The molecule has 1 atom stereocenters. The number of hydrogen-bond donors (Lipinski definition) is 1. The average molecular weight is 352 g/mol. The van der Waals surface area contributed by atoms with Crippen LogP contribution in [-0.2, 0) is 16.1 Å². The molecule has 1 aromatic carbocycles. The molecule has 1 unspecified atom stereocenters. The third-order valence-corrected chi connectivity index (χ3v) is 5.21. The van der Waals surface area contributed by atoms with Gasteiger partial charge in [0.15, 0.2) is 0 Å². The SMILES string of the molecule is CC1=NOC(C(=O)N2CCC(c3cc(Cc4ccccc4)[nH]n3)CC2)C1. The molecular weight excluding hydrogens is 328 g/mol. The lowest BCUT2D eigenvalue weighted by atomic mass is 9.92. The number of nitrogens with zero attached hydrogens (tertiary/aromatic N) is 3. The van der Waals surface area contributed by atoms with Gasteiger partial charge in [-0.2, -0.15) is 5.10 Å². The summed E-state index contributed by atoms with van der Waals surface area (Å²) in [5, 5.41) is 11.6. The highest BCUT2D eigenvalue weighted by Crippen LogP contribution is 2.28. The maximum absolute atomic E-state index is 12.5. The van der Waals surface area contributed by atoms with Gasteiger partial charge in [0, 0.05) is 37.5 Å². The first-order valence-electron chi connectivity index (χ1n) is 9.25. The minimum absolute atomic E-state index is 0.0656. The Labute approximate surface area is 153 Å². The molecule has 1 aromatic heterocycles. The van der Waals surface area contributed by atoms with Crippen LogP contribution in [0.2, 0.25) is 0 Å². The van der Waals surface area contributed by atoms with Crippen molar-refractivity contribution in [3.05, 3.63) is 53.3 Å². The van der Waals surface area contributed by atoms with Crippen molar-refractivity contribution in [1.82, 2.24) is 15.1 Å². The van der Waals surface area contributed by atoms with Gasteiger partial charge in [0.25, 0.3) is 5.91 Å². The van der Waals surface area contributed by atoms with E-state index in [0.717, 1.165) is 49.5 Å². The van der Waals surface area contributed by atoms with Gasteiger partial charge < -0.3 is 9.74 Å². The topological polar surface area (TPSA) is 70.6 Å². The lowest BCUT2D eigenvalue weighted by Gasteiger charge is -2.32. The van der Waals surface area contributed by atoms with E-state index in [1.807, 2.05) is 17.9 Å². The number of likely N-dealkylation sites (tertiary alicyclic amines) is 1. The molecule has 6 nitrogen and oxygen atoms in total. The van der Waals surface area contributed by atoms with Crippen molar-refractivity contribution >= 4 is 11.6 Å². The molecule has 136 valence electrons. The summed E-state index contributed by atoms with van der Waals surface area (Å²) in [5.41, 5.74) is 4.41. The van der Waals surface area contributed by atoms with Crippen molar-refractivity contribution < 1.29 is 9.63 Å². The minimum atomic E-state index is -0.422. The van der Waals surface area contributed by atoms with Gasteiger partial charge in [0.1, 0.15) is 0 Å². The molecule has 2 aliphatic rings. The van der Waals surface area contributed by atoms with Crippen LogP contribution in [0, 0.1) is 0 Å². The van der Waals surface area contributed by atoms with Gasteiger partial charge >= 0.3 is 0 Å². The number of aromatic amines is 1. The van der Waals surface area contributed by atoms with Gasteiger partial charge in [-0.3, -0.25) is 9.89 Å². The number of rotatable bonds is 4. The molecule has 0 bridgehead atoms. The number of hydrogen-bond acceptors (Lipinski definition) is 4. The molecule has 0 aliphatic carbocycles. The smallest absolute Gasteiger partial charge is 0.266 e. The Kier molecular flexibility index (Phi) is 4.73. The molecule has 1 saturated heterocycles. The number of aromatic nitrogens is 2. The number of oxime groups is 1. The molecule has 1 N–H and O–H groups in total. The van der Waals surface area contributed by atoms with Gasteiger partial charge in [0.2, 0.25) is 6.10 Å². The summed E-state index contributed by atoms with van der Waals surface area (Å²) < 4.78 is 0. The van der Waals surface area contributed by atoms with E-state index in [1.165, 1.54) is 5.56 Å². The fourth-order valence-corrected chi connectivity index (χ4v) is 3.72. The fraction of sp³-hybridized carbons (Fsp3) is 0.450. The van der Waals surface area contributed by atoms with Crippen LogP contribution in [0.15, 0.2) is 41.6 Å². The number of carbonyl (C=O) groups excluding carboxylic acids is 1. The molecular formula is C20H24N4O2. The van der Waals surface area contributed by atoms with Crippen LogP contribution in [0.4, 0.5) is 0 Å². The number of benzene rings is 1. The number of H-pyrrole nitrogens is 1. The van der Waals surface area contributed by atoms with Crippen LogP contribution in [0.1, 0.15) is 49.1 Å². The molecule has 1 fully saturated rings. The van der Waals surface area contributed by atoms with E-state index in [1.54, 1.807) is 0 Å². The van der Waals surface area contributed by atoms with Gasteiger partial charge in [0.05, 0.1) is 11.4 Å². The summed E-state index contributed by atoms with van der Waals surface area (Å²) in [4.78, 5) is 19.6. The first-order chi connectivity index (χ1) is 12.7. The Bertz CT molecular complexity index is 791. The van der Waals surface area contributed by atoms with Crippen LogP contribution in [0.3, 0.4) is 0 Å². The van der Waals surface area contributed by atoms with E-state index in [0.29, 0.717) is 12.3 Å². The largest absolute Gasteiger partial charge is 0.382 e. The van der Waals surface area contributed by atoms with E-state index in [9.17, 15) is 4.79 Å². The summed E-state index contributed by atoms with van der Waals surface area (Å²) in [6.45, 7) is 3.40. The first kappa shape index (κ1) is 16.8. The van der Waals surface area contributed by atoms with Crippen molar-refractivity contribution in [2.45, 2.75) is 44.6 Å². The van der Waals surface area contributed by atoms with Gasteiger partial charge in [-0.25, -0.2) is 0 Å². The molecule has 0 saturated carbocycles. The zero-order chi connectivity index (χ0) is 17.9. The third kappa shape index (κ3) is 3.64. The minimum Gasteiger partial charge on any atom is -0.382 e. The highest BCUT2D eigenvalue weighted by Gasteiger charge is 2.33. The molecule has 26 heavy (non-hydrogen) atoms. The summed E-state index contributed by atoms with van der Waals surface area (Å²) in [6, 6.07) is 12.6. The Morgan fingerprint density at radius 1 is 1.27 bits per heavy atom. The van der Waals surface area contributed by atoms with Crippen molar-refractivity contribution in [2.24, 2.45) is 5.16 Å². The highest BCUT2D eigenvalue weighted by atomic mass is 16.6. The average Bonchev–Trinajstić information content (AvgIpc) is 3.31. The lowest BCUT2D eigenvalue weighted by Crippen LogP contribution is -2.43. The fourth-order valence-electron chi connectivity index (χ4n) is 3.72. The van der Waals surface area contributed by atoms with Crippen molar-refractivity contribution in [2.75, 3.05) is 13.1 Å².